The van der Waals surface area contributed by atoms with Crippen molar-refractivity contribution < 1.29 is 4.79 Å². The van der Waals surface area contributed by atoms with Crippen LogP contribution in [0.15, 0.2) is 24.3 Å². The van der Waals surface area contributed by atoms with Gasteiger partial charge >= 0.3 is 0 Å². The maximum atomic E-state index is 12.3. The van der Waals surface area contributed by atoms with Gasteiger partial charge in [-0.2, -0.15) is 0 Å². The number of para-hydroxylation sites is 1. The number of rotatable bonds is 3. The van der Waals surface area contributed by atoms with Crippen molar-refractivity contribution in [1.29, 1.82) is 0 Å². The normalized spacial score (nSPS) is 21.0. The minimum absolute atomic E-state index is 0.204. The van der Waals surface area contributed by atoms with Gasteiger partial charge in [-0.3, -0.25) is 4.79 Å². The third-order valence-corrected chi connectivity index (χ3v) is 4.94. The van der Waals surface area contributed by atoms with Crippen molar-refractivity contribution >= 4 is 11.6 Å². The summed E-state index contributed by atoms with van der Waals surface area (Å²) in [6.07, 6.45) is 3.70. The van der Waals surface area contributed by atoms with Gasteiger partial charge in [-0.1, -0.05) is 18.2 Å². The second-order valence-electron chi connectivity index (χ2n) is 6.55. The molecule has 3 rings (SSSR count). The molecule has 114 valence electrons. The smallest absolute Gasteiger partial charge is 0.224 e. The van der Waals surface area contributed by atoms with Gasteiger partial charge in [0.2, 0.25) is 5.91 Å². The Morgan fingerprint density at radius 2 is 1.86 bits per heavy atom. The molecule has 0 spiro atoms. The number of carbonyl (C=O) groups is 1. The van der Waals surface area contributed by atoms with Gasteiger partial charge in [0.1, 0.15) is 0 Å². The van der Waals surface area contributed by atoms with Crippen molar-refractivity contribution in [1.82, 2.24) is 4.90 Å². The van der Waals surface area contributed by atoms with Crippen LogP contribution in [0.1, 0.15) is 31.2 Å². The first-order valence-electron chi connectivity index (χ1n) is 7.95. The van der Waals surface area contributed by atoms with E-state index in [4.69, 9.17) is 5.73 Å². The van der Waals surface area contributed by atoms with Crippen LogP contribution in [0, 0.1) is 6.92 Å². The zero-order chi connectivity index (χ0) is 14.9. The quantitative estimate of drug-likeness (QED) is 0.924. The lowest BCUT2D eigenvalue weighted by Gasteiger charge is -2.41. The Balaban J connectivity index is 1.55. The van der Waals surface area contributed by atoms with Crippen molar-refractivity contribution in [2.24, 2.45) is 5.73 Å². The number of nitrogens with zero attached hydrogens (tertiary/aromatic N) is 2. The highest BCUT2D eigenvalue weighted by Crippen LogP contribution is 2.32. The summed E-state index contributed by atoms with van der Waals surface area (Å²) in [5.41, 5.74) is 8.58. The number of piperazine rings is 1. The Hall–Kier alpha value is -1.55. The molecule has 0 atom stereocenters. The number of anilines is 1. The van der Waals surface area contributed by atoms with Crippen LogP contribution in [0.5, 0.6) is 0 Å². The van der Waals surface area contributed by atoms with Crippen LogP contribution >= 0.6 is 0 Å². The highest BCUT2D eigenvalue weighted by atomic mass is 16.2. The second kappa shape index (κ2) is 5.68. The molecule has 4 heteroatoms. The highest BCUT2D eigenvalue weighted by molar-refractivity contribution is 5.78. The first-order valence-corrected chi connectivity index (χ1v) is 7.95. The highest BCUT2D eigenvalue weighted by Gasteiger charge is 2.36. The maximum absolute atomic E-state index is 12.3. The van der Waals surface area contributed by atoms with Gasteiger partial charge in [0.05, 0.1) is 0 Å². The molecule has 1 saturated heterocycles. The molecule has 21 heavy (non-hydrogen) atoms. The van der Waals surface area contributed by atoms with Gasteiger partial charge in [0.15, 0.2) is 0 Å². The fraction of sp³-hybridized carbons (Fsp3) is 0.588. The zero-order valence-corrected chi connectivity index (χ0v) is 12.8. The number of carbonyl (C=O) groups excluding carboxylic acids is 1. The van der Waals surface area contributed by atoms with Crippen molar-refractivity contribution in [2.45, 2.75) is 38.1 Å². The molecule has 0 aromatic heterocycles. The maximum Gasteiger partial charge on any atom is 0.224 e. The third-order valence-electron chi connectivity index (χ3n) is 4.94. The van der Waals surface area contributed by atoms with E-state index in [-0.39, 0.29) is 11.4 Å². The fourth-order valence-corrected chi connectivity index (χ4v) is 3.34. The average molecular weight is 287 g/mol. The van der Waals surface area contributed by atoms with Crippen LogP contribution in [0.25, 0.3) is 0 Å². The zero-order valence-electron chi connectivity index (χ0n) is 12.8. The topological polar surface area (TPSA) is 49.6 Å². The lowest BCUT2D eigenvalue weighted by atomic mass is 9.75. The summed E-state index contributed by atoms with van der Waals surface area (Å²) in [4.78, 5) is 16.7. The first kappa shape index (κ1) is 14.4. The summed E-state index contributed by atoms with van der Waals surface area (Å²) in [6.45, 7) is 5.58. The molecule has 2 fully saturated rings. The van der Waals surface area contributed by atoms with Crippen LogP contribution in [-0.4, -0.2) is 42.5 Å². The molecule has 0 radical (unpaired) electrons. The van der Waals surface area contributed by atoms with Crippen LogP contribution in [0.2, 0.25) is 0 Å². The number of hydrogen-bond donors (Lipinski definition) is 1. The summed E-state index contributed by atoms with van der Waals surface area (Å²) < 4.78 is 0. The molecule has 2 aliphatic rings. The standard InChI is InChI=1S/C17H25N3O/c1-14-5-2-3-6-15(14)19-9-11-20(12-10-19)16(21)13-17(18)7-4-8-17/h2-3,5-6H,4,7-13,18H2,1H3. The molecule has 1 saturated carbocycles. The molecule has 1 aromatic carbocycles. The fourth-order valence-electron chi connectivity index (χ4n) is 3.34. The largest absolute Gasteiger partial charge is 0.368 e. The van der Waals surface area contributed by atoms with E-state index in [0.717, 1.165) is 39.0 Å². The molecule has 4 nitrogen and oxygen atoms in total. The molecule has 1 aliphatic heterocycles. The Morgan fingerprint density at radius 1 is 1.19 bits per heavy atom. The molecule has 1 amide bonds. The molecular formula is C17H25N3O. The number of aryl methyl sites for hydroxylation is 1. The minimum Gasteiger partial charge on any atom is -0.368 e. The summed E-state index contributed by atoms with van der Waals surface area (Å²) in [5.74, 6) is 0.238. The van der Waals surface area contributed by atoms with Crippen molar-refractivity contribution in [3.05, 3.63) is 29.8 Å². The van der Waals surface area contributed by atoms with Gasteiger partial charge in [-0.25, -0.2) is 0 Å². The summed E-state index contributed by atoms with van der Waals surface area (Å²) >= 11 is 0. The van der Waals surface area contributed by atoms with E-state index in [1.165, 1.54) is 17.7 Å². The van der Waals surface area contributed by atoms with Gasteiger partial charge in [-0.15, -0.1) is 0 Å². The van der Waals surface area contributed by atoms with Crippen LogP contribution in [-0.2, 0) is 4.79 Å². The second-order valence-corrected chi connectivity index (χ2v) is 6.55. The lowest BCUT2D eigenvalue weighted by Crippen LogP contribution is -2.54. The van der Waals surface area contributed by atoms with Gasteiger partial charge in [-0.05, 0) is 37.8 Å². The monoisotopic (exact) mass is 287 g/mol. The van der Waals surface area contributed by atoms with E-state index >= 15 is 0 Å². The first-order chi connectivity index (χ1) is 10.1. The molecule has 0 unspecified atom stereocenters. The number of benzene rings is 1. The van der Waals surface area contributed by atoms with Crippen LogP contribution in [0.3, 0.4) is 0 Å². The van der Waals surface area contributed by atoms with E-state index < -0.39 is 0 Å². The predicted molar refractivity (Wildman–Crippen MR) is 85.4 cm³/mol. The van der Waals surface area contributed by atoms with E-state index in [9.17, 15) is 4.79 Å². The molecule has 1 aromatic rings. The average Bonchev–Trinajstić information content (AvgIpc) is 2.46. The SMILES string of the molecule is Cc1ccccc1N1CCN(C(=O)CC2(N)CCC2)CC1. The van der Waals surface area contributed by atoms with Gasteiger partial charge in [0, 0.05) is 43.8 Å². The molecule has 0 bridgehead atoms. The Labute approximate surface area is 126 Å². The molecule has 2 N–H and O–H groups in total. The number of amides is 1. The number of nitrogens with two attached hydrogens (primary N) is 1. The Bertz CT molecular complexity index is 517. The van der Waals surface area contributed by atoms with Crippen molar-refractivity contribution in [2.75, 3.05) is 31.1 Å². The molecular weight excluding hydrogens is 262 g/mol. The van der Waals surface area contributed by atoms with Crippen LogP contribution < -0.4 is 10.6 Å². The van der Waals surface area contributed by atoms with Gasteiger partial charge < -0.3 is 15.5 Å². The van der Waals surface area contributed by atoms with Crippen LogP contribution in [0.4, 0.5) is 5.69 Å². The van der Waals surface area contributed by atoms with Gasteiger partial charge in [0.25, 0.3) is 0 Å². The lowest BCUT2D eigenvalue weighted by molar-refractivity contribution is -0.133. The molecule has 1 heterocycles. The minimum atomic E-state index is -0.204. The number of hydrogen-bond acceptors (Lipinski definition) is 3. The Kier molecular flexibility index (Phi) is 3.89. The van der Waals surface area contributed by atoms with E-state index in [2.05, 4.69) is 36.1 Å². The van der Waals surface area contributed by atoms with Crippen molar-refractivity contribution in [3.8, 4) is 0 Å². The van der Waals surface area contributed by atoms with E-state index in [0.29, 0.717) is 6.42 Å². The van der Waals surface area contributed by atoms with E-state index in [1.54, 1.807) is 0 Å². The predicted octanol–water partition coefficient (Wildman–Crippen LogP) is 1.92. The summed E-state index contributed by atoms with van der Waals surface area (Å²) in [5, 5.41) is 0. The Morgan fingerprint density at radius 3 is 2.43 bits per heavy atom. The molecule has 1 aliphatic carbocycles. The van der Waals surface area contributed by atoms with E-state index in [1.807, 2.05) is 4.90 Å². The third kappa shape index (κ3) is 3.05. The summed E-state index contributed by atoms with van der Waals surface area (Å²) in [6, 6.07) is 8.45. The summed E-state index contributed by atoms with van der Waals surface area (Å²) in [7, 11) is 0. The van der Waals surface area contributed by atoms with Crippen molar-refractivity contribution in [3.63, 3.8) is 0 Å².